The van der Waals surface area contributed by atoms with Gasteiger partial charge in [0, 0.05) is 55.9 Å². The molecule has 0 saturated carbocycles. The number of carbonyl (C=O) groups excluding carboxylic acids is 1. The van der Waals surface area contributed by atoms with Crippen molar-refractivity contribution in [3.05, 3.63) is 70.2 Å². The molecule has 1 fully saturated rings. The maximum Gasteiger partial charge on any atom is 0.253 e. The molecular formula is C24H32ClN3O. The van der Waals surface area contributed by atoms with E-state index in [4.69, 9.17) is 11.6 Å². The van der Waals surface area contributed by atoms with Crippen LogP contribution in [0.3, 0.4) is 0 Å². The molecule has 0 bridgehead atoms. The van der Waals surface area contributed by atoms with E-state index in [-0.39, 0.29) is 5.91 Å². The Morgan fingerprint density at radius 1 is 1.03 bits per heavy atom. The number of benzene rings is 2. The van der Waals surface area contributed by atoms with Crippen molar-refractivity contribution in [2.75, 3.05) is 32.7 Å². The Bertz CT molecular complexity index is 798. The molecule has 0 radical (unpaired) electrons. The highest BCUT2D eigenvalue weighted by Crippen LogP contribution is 2.16. The highest BCUT2D eigenvalue weighted by atomic mass is 35.5. The minimum Gasteiger partial charge on any atom is -0.336 e. The Morgan fingerprint density at radius 3 is 2.31 bits per heavy atom. The third kappa shape index (κ3) is 6.05. The number of nitrogens with zero attached hydrogens (tertiary/aromatic N) is 3. The lowest BCUT2D eigenvalue weighted by molar-refractivity contribution is 0.0628. The summed E-state index contributed by atoms with van der Waals surface area (Å²) in [6, 6.07) is 16.7. The average Bonchev–Trinajstić information content (AvgIpc) is 2.72. The normalized spacial score (nSPS) is 15.3. The van der Waals surface area contributed by atoms with Crippen molar-refractivity contribution in [1.82, 2.24) is 14.7 Å². The van der Waals surface area contributed by atoms with Crippen LogP contribution < -0.4 is 0 Å². The van der Waals surface area contributed by atoms with Gasteiger partial charge in [0.1, 0.15) is 0 Å². The molecule has 156 valence electrons. The highest BCUT2D eigenvalue weighted by Gasteiger charge is 2.22. The van der Waals surface area contributed by atoms with Crippen LogP contribution in [-0.4, -0.2) is 59.4 Å². The molecule has 0 aliphatic carbocycles. The van der Waals surface area contributed by atoms with Crippen LogP contribution in [0.15, 0.2) is 48.5 Å². The van der Waals surface area contributed by atoms with Gasteiger partial charge in [-0.15, -0.1) is 0 Å². The molecule has 1 heterocycles. The summed E-state index contributed by atoms with van der Waals surface area (Å²) >= 11 is 6.08. The summed E-state index contributed by atoms with van der Waals surface area (Å²) in [5, 5.41) is 0.773. The fourth-order valence-corrected chi connectivity index (χ4v) is 4.04. The second-order valence-corrected chi connectivity index (χ2v) is 8.49. The third-order valence-corrected chi connectivity index (χ3v) is 5.91. The van der Waals surface area contributed by atoms with Crippen molar-refractivity contribution in [2.45, 2.75) is 39.9 Å². The molecular weight excluding hydrogens is 382 g/mol. The fraction of sp³-hybridized carbons (Fsp3) is 0.458. The molecule has 0 unspecified atom stereocenters. The molecule has 2 aromatic carbocycles. The van der Waals surface area contributed by atoms with Gasteiger partial charge in [0.2, 0.25) is 0 Å². The first-order chi connectivity index (χ1) is 14.0. The molecule has 5 heteroatoms. The minimum absolute atomic E-state index is 0.134. The van der Waals surface area contributed by atoms with Gasteiger partial charge in [-0.2, -0.15) is 0 Å². The summed E-state index contributed by atoms with van der Waals surface area (Å²) in [7, 11) is 0. The van der Waals surface area contributed by atoms with Crippen molar-refractivity contribution in [1.29, 1.82) is 0 Å². The lowest BCUT2D eigenvalue weighted by Gasteiger charge is -2.35. The van der Waals surface area contributed by atoms with Crippen molar-refractivity contribution >= 4 is 17.5 Å². The second-order valence-electron chi connectivity index (χ2n) is 8.05. The first-order valence-electron chi connectivity index (χ1n) is 10.6. The molecule has 1 aliphatic rings. The van der Waals surface area contributed by atoms with Crippen LogP contribution in [0.2, 0.25) is 5.02 Å². The van der Waals surface area contributed by atoms with Gasteiger partial charge in [0.25, 0.3) is 5.91 Å². The van der Waals surface area contributed by atoms with Crippen molar-refractivity contribution < 1.29 is 4.79 Å². The zero-order valence-electron chi connectivity index (χ0n) is 17.8. The lowest BCUT2D eigenvalue weighted by Crippen LogP contribution is -2.48. The van der Waals surface area contributed by atoms with E-state index in [1.807, 2.05) is 35.2 Å². The Labute approximate surface area is 180 Å². The zero-order valence-corrected chi connectivity index (χ0v) is 18.5. The number of hydrogen-bond donors (Lipinski definition) is 0. The van der Waals surface area contributed by atoms with Gasteiger partial charge in [0.05, 0.1) is 0 Å². The number of halogens is 1. The Morgan fingerprint density at radius 2 is 1.72 bits per heavy atom. The third-order valence-electron chi connectivity index (χ3n) is 5.68. The molecule has 0 aromatic heterocycles. The van der Waals surface area contributed by atoms with Gasteiger partial charge < -0.3 is 4.90 Å². The smallest absolute Gasteiger partial charge is 0.253 e. The summed E-state index contributed by atoms with van der Waals surface area (Å²) in [6.07, 6.45) is 0. The molecule has 2 aromatic rings. The van der Waals surface area contributed by atoms with E-state index >= 15 is 0 Å². The summed E-state index contributed by atoms with van der Waals surface area (Å²) in [4.78, 5) is 19.6. The Balaban J connectivity index is 1.52. The van der Waals surface area contributed by atoms with Gasteiger partial charge in [-0.3, -0.25) is 14.6 Å². The predicted molar refractivity (Wildman–Crippen MR) is 120 cm³/mol. The standard InChI is InChI=1S/C24H32ClN3O/c1-4-27(19(2)3)18-20-8-10-22(11-9-20)24(29)28-14-12-26(13-15-28)17-21-6-5-7-23(25)16-21/h5-11,16,19H,4,12-15,17-18H2,1-3H3. The molecule has 3 rings (SSSR count). The summed E-state index contributed by atoms with van der Waals surface area (Å²) in [5.41, 5.74) is 3.25. The van der Waals surface area contributed by atoms with Gasteiger partial charge in [-0.25, -0.2) is 0 Å². The number of hydrogen-bond acceptors (Lipinski definition) is 3. The quantitative estimate of drug-likeness (QED) is 0.667. The molecule has 1 saturated heterocycles. The van der Waals surface area contributed by atoms with E-state index in [1.165, 1.54) is 11.1 Å². The SMILES string of the molecule is CCN(Cc1ccc(C(=O)N2CCN(Cc3cccc(Cl)c3)CC2)cc1)C(C)C. The summed E-state index contributed by atoms with van der Waals surface area (Å²) in [5.74, 6) is 0.134. The van der Waals surface area contributed by atoms with Crippen LogP contribution in [0.25, 0.3) is 0 Å². The van der Waals surface area contributed by atoms with Crippen molar-refractivity contribution in [2.24, 2.45) is 0 Å². The van der Waals surface area contributed by atoms with E-state index in [0.717, 1.165) is 56.4 Å². The Kier molecular flexibility index (Phi) is 7.70. The maximum absolute atomic E-state index is 12.9. The average molecular weight is 414 g/mol. The predicted octanol–water partition coefficient (Wildman–Crippen LogP) is 4.53. The van der Waals surface area contributed by atoms with E-state index in [9.17, 15) is 4.79 Å². The van der Waals surface area contributed by atoms with Crippen LogP contribution in [0.4, 0.5) is 0 Å². The van der Waals surface area contributed by atoms with Crippen molar-refractivity contribution in [3.63, 3.8) is 0 Å². The van der Waals surface area contributed by atoms with Crippen LogP contribution in [0.1, 0.15) is 42.3 Å². The fourth-order valence-electron chi connectivity index (χ4n) is 3.83. The molecule has 29 heavy (non-hydrogen) atoms. The largest absolute Gasteiger partial charge is 0.336 e. The molecule has 0 spiro atoms. The number of piperazine rings is 1. The van der Waals surface area contributed by atoms with Crippen LogP contribution in [0.5, 0.6) is 0 Å². The molecule has 4 nitrogen and oxygen atoms in total. The van der Waals surface area contributed by atoms with Gasteiger partial charge in [0.15, 0.2) is 0 Å². The first-order valence-corrected chi connectivity index (χ1v) is 10.9. The van der Waals surface area contributed by atoms with Gasteiger partial charge >= 0.3 is 0 Å². The minimum atomic E-state index is 0.134. The van der Waals surface area contributed by atoms with Crippen molar-refractivity contribution in [3.8, 4) is 0 Å². The summed E-state index contributed by atoms with van der Waals surface area (Å²) in [6.45, 7) is 12.7. The second kappa shape index (κ2) is 10.2. The van der Waals surface area contributed by atoms with E-state index < -0.39 is 0 Å². The Hall–Kier alpha value is -1.88. The van der Waals surface area contributed by atoms with Gasteiger partial charge in [-0.05, 0) is 55.8 Å². The molecule has 0 N–H and O–H groups in total. The van der Waals surface area contributed by atoms with E-state index in [1.54, 1.807) is 0 Å². The van der Waals surface area contributed by atoms with E-state index in [0.29, 0.717) is 6.04 Å². The highest BCUT2D eigenvalue weighted by molar-refractivity contribution is 6.30. The van der Waals surface area contributed by atoms with Crippen LogP contribution in [-0.2, 0) is 13.1 Å². The number of amides is 1. The number of carbonyl (C=O) groups is 1. The first kappa shape index (κ1) is 21.8. The summed E-state index contributed by atoms with van der Waals surface area (Å²) < 4.78 is 0. The molecule has 0 atom stereocenters. The number of rotatable bonds is 7. The van der Waals surface area contributed by atoms with Gasteiger partial charge in [-0.1, -0.05) is 42.8 Å². The monoisotopic (exact) mass is 413 g/mol. The zero-order chi connectivity index (χ0) is 20.8. The molecule has 1 amide bonds. The van der Waals surface area contributed by atoms with E-state index in [2.05, 4.69) is 48.8 Å². The topological polar surface area (TPSA) is 26.8 Å². The lowest BCUT2D eigenvalue weighted by atomic mass is 10.1. The maximum atomic E-state index is 12.9. The molecule has 1 aliphatic heterocycles. The van der Waals surface area contributed by atoms with Crippen LogP contribution in [0, 0.1) is 0 Å². The van der Waals surface area contributed by atoms with Crippen LogP contribution >= 0.6 is 11.6 Å².